The normalized spacial score (nSPS) is 12.1. The molecule has 2 aromatic carbocycles. The summed E-state index contributed by atoms with van der Waals surface area (Å²) in [5, 5.41) is 3.49. The summed E-state index contributed by atoms with van der Waals surface area (Å²) in [7, 11) is 1.67. The summed E-state index contributed by atoms with van der Waals surface area (Å²) in [5.74, 6) is 0.655. The van der Waals surface area contributed by atoms with Gasteiger partial charge in [0, 0.05) is 6.04 Å². The van der Waals surface area contributed by atoms with Gasteiger partial charge in [-0.15, -0.1) is 0 Å². The maximum absolute atomic E-state index is 13.5. The zero-order valence-electron chi connectivity index (χ0n) is 12.6. The van der Waals surface area contributed by atoms with Crippen LogP contribution < -0.4 is 10.1 Å². The second-order valence-electron chi connectivity index (χ2n) is 5.12. The molecule has 3 heteroatoms. The molecule has 0 aliphatic rings. The van der Waals surface area contributed by atoms with Crippen molar-refractivity contribution >= 4 is 0 Å². The Kier molecular flexibility index (Phi) is 5.76. The Labute approximate surface area is 126 Å². The maximum atomic E-state index is 13.5. The van der Waals surface area contributed by atoms with Crippen molar-refractivity contribution in [1.82, 2.24) is 5.32 Å². The van der Waals surface area contributed by atoms with Crippen LogP contribution in [0.3, 0.4) is 0 Å². The topological polar surface area (TPSA) is 21.3 Å². The molecule has 0 amide bonds. The van der Waals surface area contributed by atoms with E-state index in [1.54, 1.807) is 19.2 Å². The smallest absolute Gasteiger partial charge is 0.123 e. The lowest BCUT2D eigenvalue weighted by Crippen LogP contribution is -2.24. The summed E-state index contributed by atoms with van der Waals surface area (Å²) in [5.41, 5.74) is 2.15. The van der Waals surface area contributed by atoms with Crippen LogP contribution >= 0.6 is 0 Å². The largest absolute Gasteiger partial charge is 0.497 e. The molecule has 0 saturated heterocycles. The molecule has 0 spiro atoms. The Morgan fingerprint density at radius 3 is 2.67 bits per heavy atom. The zero-order valence-corrected chi connectivity index (χ0v) is 12.6. The average molecular weight is 287 g/mol. The van der Waals surface area contributed by atoms with Crippen LogP contribution in [0.25, 0.3) is 0 Å². The molecule has 1 atom stereocenters. The van der Waals surface area contributed by atoms with Crippen LogP contribution in [-0.4, -0.2) is 13.7 Å². The quantitative estimate of drug-likeness (QED) is 0.827. The maximum Gasteiger partial charge on any atom is 0.123 e. The molecule has 2 aromatic rings. The molecule has 1 unspecified atom stereocenters. The molecular weight excluding hydrogens is 265 g/mol. The van der Waals surface area contributed by atoms with Crippen LogP contribution in [0.4, 0.5) is 4.39 Å². The number of hydrogen-bond donors (Lipinski definition) is 1. The third kappa shape index (κ3) is 4.57. The first-order valence-electron chi connectivity index (χ1n) is 7.34. The lowest BCUT2D eigenvalue weighted by molar-refractivity contribution is 0.413. The van der Waals surface area contributed by atoms with Gasteiger partial charge in [0.25, 0.3) is 0 Å². The van der Waals surface area contributed by atoms with Crippen molar-refractivity contribution in [2.45, 2.75) is 25.8 Å². The molecule has 0 aliphatic heterocycles. The Balaban J connectivity index is 2.19. The third-order valence-corrected chi connectivity index (χ3v) is 3.47. The van der Waals surface area contributed by atoms with E-state index in [0.29, 0.717) is 0 Å². The first-order chi connectivity index (χ1) is 10.2. The summed E-state index contributed by atoms with van der Waals surface area (Å²) in [4.78, 5) is 0. The van der Waals surface area contributed by atoms with Crippen molar-refractivity contribution in [3.8, 4) is 5.75 Å². The minimum Gasteiger partial charge on any atom is -0.497 e. The number of hydrogen-bond acceptors (Lipinski definition) is 2. The highest BCUT2D eigenvalue weighted by molar-refractivity contribution is 5.30. The van der Waals surface area contributed by atoms with Crippen LogP contribution in [0, 0.1) is 5.82 Å². The minimum absolute atomic E-state index is 0.104. The number of benzene rings is 2. The van der Waals surface area contributed by atoms with E-state index >= 15 is 0 Å². The molecule has 1 N–H and O–H groups in total. The highest BCUT2D eigenvalue weighted by Crippen LogP contribution is 2.22. The molecule has 2 nitrogen and oxygen atoms in total. The van der Waals surface area contributed by atoms with Crippen LogP contribution in [0.2, 0.25) is 0 Å². The molecule has 0 bridgehead atoms. The number of rotatable bonds is 7. The van der Waals surface area contributed by atoms with Crippen molar-refractivity contribution in [1.29, 1.82) is 0 Å². The van der Waals surface area contributed by atoms with E-state index in [1.807, 2.05) is 24.3 Å². The van der Waals surface area contributed by atoms with E-state index in [0.717, 1.165) is 30.7 Å². The molecule has 112 valence electrons. The molecule has 21 heavy (non-hydrogen) atoms. The fourth-order valence-electron chi connectivity index (χ4n) is 2.38. The number of nitrogens with one attached hydrogen (secondary N) is 1. The standard InChI is InChI=1S/C18H22FNO/c1-3-10-20-18(15-7-5-8-16(19)13-15)12-14-6-4-9-17(11-14)21-2/h4-9,11,13,18,20H,3,10,12H2,1-2H3. The second-order valence-corrected chi connectivity index (χ2v) is 5.12. The average Bonchev–Trinajstić information content (AvgIpc) is 2.51. The first-order valence-corrected chi connectivity index (χ1v) is 7.34. The lowest BCUT2D eigenvalue weighted by atomic mass is 9.98. The summed E-state index contributed by atoms with van der Waals surface area (Å²) >= 11 is 0. The molecule has 0 heterocycles. The SMILES string of the molecule is CCCNC(Cc1cccc(OC)c1)c1cccc(F)c1. The molecular formula is C18H22FNO. The number of halogens is 1. The monoisotopic (exact) mass is 287 g/mol. The van der Waals surface area contributed by atoms with E-state index < -0.39 is 0 Å². The van der Waals surface area contributed by atoms with E-state index in [2.05, 4.69) is 18.3 Å². The van der Waals surface area contributed by atoms with Crippen molar-refractivity contribution in [2.75, 3.05) is 13.7 Å². The fourth-order valence-corrected chi connectivity index (χ4v) is 2.38. The van der Waals surface area contributed by atoms with Crippen LogP contribution in [0.5, 0.6) is 5.75 Å². The summed E-state index contributed by atoms with van der Waals surface area (Å²) in [6.45, 7) is 3.03. The Morgan fingerprint density at radius 1 is 1.14 bits per heavy atom. The predicted octanol–water partition coefficient (Wildman–Crippen LogP) is 4.12. The van der Waals surface area contributed by atoms with Gasteiger partial charge in [-0.05, 0) is 54.8 Å². The van der Waals surface area contributed by atoms with E-state index in [4.69, 9.17) is 4.74 Å². The predicted molar refractivity (Wildman–Crippen MR) is 84.1 cm³/mol. The Morgan fingerprint density at radius 2 is 1.95 bits per heavy atom. The summed E-state index contributed by atoms with van der Waals surface area (Å²) < 4.78 is 18.7. The Bertz CT molecular complexity index is 571. The fraction of sp³-hybridized carbons (Fsp3) is 0.333. The van der Waals surface area contributed by atoms with Crippen LogP contribution in [0.1, 0.15) is 30.5 Å². The van der Waals surface area contributed by atoms with Crippen LogP contribution in [0.15, 0.2) is 48.5 Å². The van der Waals surface area contributed by atoms with Crippen LogP contribution in [-0.2, 0) is 6.42 Å². The van der Waals surface area contributed by atoms with Gasteiger partial charge in [-0.1, -0.05) is 31.2 Å². The molecule has 0 radical (unpaired) electrons. The molecule has 2 rings (SSSR count). The minimum atomic E-state index is -0.193. The summed E-state index contributed by atoms with van der Waals surface area (Å²) in [6, 6.07) is 14.9. The van der Waals surface area contributed by atoms with E-state index in [9.17, 15) is 4.39 Å². The number of ether oxygens (including phenoxy) is 1. The van der Waals surface area contributed by atoms with Gasteiger partial charge in [0.2, 0.25) is 0 Å². The van der Waals surface area contributed by atoms with E-state index in [1.165, 1.54) is 11.6 Å². The van der Waals surface area contributed by atoms with E-state index in [-0.39, 0.29) is 11.9 Å². The Hall–Kier alpha value is -1.87. The number of methoxy groups -OCH3 is 1. The van der Waals surface area contributed by atoms with Gasteiger partial charge in [-0.2, -0.15) is 0 Å². The van der Waals surface area contributed by atoms with Crippen molar-refractivity contribution in [2.24, 2.45) is 0 Å². The van der Waals surface area contributed by atoms with Gasteiger partial charge in [0.1, 0.15) is 11.6 Å². The lowest BCUT2D eigenvalue weighted by Gasteiger charge is -2.19. The summed E-state index contributed by atoms with van der Waals surface area (Å²) in [6.07, 6.45) is 1.85. The van der Waals surface area contributed by atoms with Crippen molar-refractivity contribution < 1.29 is 9.13 Å². The third-order valence-electron chi connectivity index (χ3n) is 3.47. The van der Waals surface area contributed by atoms with Gasteiger partial charge in [-0.25, -0.2) is 4.39 Å². The van der Waals surface area contributed by atoms with Crippen molar-refractivity contribution in [3.05, 3.63) is 65.5 Å². The zero-order chi connectivity index (χ0) is 15.1. The highest BCUT2D eigenvalue weighted by atomic mass is 19.1. The molecule has 0 aromatic heterocycles. The van der Waals surface area contributed by atoms with Gasteiger partial charge in [-0.3, -0.25) is 0 Å². The van der Waals surface area contributed by atoms with Gasteiger partial charge < -0.3 is 10.1 Å². The first kappa shape index (κ1) is 15.5. The highest BCUT2D eigenvalue weighted by Gasteiger charge is 2.12. The van der Waals surface area contributed by atoms with Gasteiger partial charge in [0.15, 0.2) is 0 Å². The molecule has 0 fully saturated rings. The molecule has 0 aliphatic carbocycles. The van der Waals surface area contributed by atoms with Crippen molar-refractivity contribution in [3.63, 3.8) is 0 Å². The second kappa shape index (κ2) is 7.79. The van der Waals surface area contributed by atoms with Gasteiger partial charge >= 0.3 is 0 Å². The molecule has 0 saturated carbocycles. The van der Waals surface area contributed by atoms with Gasteiger partial charge in [0.05, 0.1) is 7.11 Å².